The lowest BCUT2D eigenvalue weighted by Crippen LogP contribution is -2.32. The van der Waals surface area contributed by atoms with Gasteiger partial charge in [-0.15, -0.1) is 0 Å². The maximum atomic E-state index is 12.7. The quantitative estimate of drug-likeness (QED) is 0.646. The van der Waals surface area contributed by atoms with Crippen LogP contribution < -0.4 is 5.32 Å². The average Bonchev–Trinajstić information content (AvgIpc) is 3.44. The number of carbonyl (C=O) groups is 1. The van der Waals surface area contributed by atoms with Crippen molar-refractivity contribution in [3.05, 3.63) is 36.6 Å². The Morgan fingerprint density at radius 1 is 1.17 bits per heavy atom. The Kier molecular flexibility index (Phi) is 4.94. The van der Waals surface area contributed by atoms with Crippen LogP contribution in [0.5, 0.6) is 0 Å². The van der Waals surface area contributed by atoms with Crippen LogP contribution in [-0.2, 0) is 4.79 Å². The molecule has 0 aromatic carbocycles. The summed E-state index contributed by atoms with van der Waals surface area (Å²) in [6, 6.07) is 4.33. The Labute approximate surface area is 173 Å². The van der Waals surface area contributed by atoms with Crippen LogP contribution in [0, 0.1) is 12.8 Å². The number of hydrogen-bond acceptors (Lipinski definition) is 6. The number of aryl methyl sites for hydroxylation is 1. The molecule has 2 atom stereocenters. The first kappa shape index (κ1) is 19.1. The molecule has 7 nitrogen and oxygen atoms in total. The minimum absolute atomic E-state index is 0.00288. The van der Waals surface area contributed by atoms with Crippen molar-refractivity contribution in [1.29, 1.82) is 0 Å². The fraction of sp³-hybridized carbons (Fsp3) is 0.455. The van der Waals surface area contributed by atoms with Gasteiger partial charge in [-0.05, 0) is 37.8 Å². The number of nitrogens with one attached hydrogen (secondary N) is 1. The van der Waals surface area contributed by atoms with Gasteiger partial charge >= 0.3 is 0 Å². The summed E-state index contributed by atoms with van der Waals surface area (Å²) in [5, 5.41) is 3.83. The number of anilines is 1. The van der Waals surface area contributed by atoms with Crippen molar-refractivity contribution in [3.8, 4) is 11.3 Å². The normalized spacial score (nSPS) is 25.9. The fourth-order valence-corrected chi connectivity index (χ4v) is 4.41. The van der Waals surface area contributed by atoms with Crippen LogP contribution in [0.15, 0.2) is 35.1 Å². The van der Waals surface area contributed by atoms with E-state index in [-0.39, 0.29) is 24.5 Å². The lowest BCUT2D eigenvalue weighted by molar-refractivity contribution is -0.121. The van der Waals surface area contributed by atoms with E-state index in [2.05, 4.69) is 25.2 Å². The number of fused-ring (bicyclic) bond motifs is 1. The number of halogens is 1. The summed E-state index contributed by atoms with van der Waals surface area (Å²) in [5.41, 5.74) is 1.57. The molecule has 5 rings (SSSR count). The fourth-order valence-electron chi connectivity index (χ4n) is 4.41. The Bertz CT molecular complexity index is 1080. The van der Waals surface area contributed by atoms with Crippen LogP contribution in [0.25, 0.3) is 22.2 Å². The number of alkyl halides is 1. The first-order valence-electron chi connectivity index (χ1n) is 10.4. The van der Waals surface area contributed by atoms with Crippen molar-refractivity contribution in [1.82, 2.24) is 19.9 Å². The maximum Gasteiger partial charge on any atom is 0.228 e. The van der Waals surface area contributed by atoms with E-state index in [0.29, 0.717) is 23.5 Å². The van der Waals surface area contributed by atoms with Crippen LogP contribution in [0.4, 0.5) is 10.2 Å². The number of aromatic nitrogens is 3. The molecule has 0 radical (unpaired) electrons. The summed E-state index contributed by atoms with van der Waals surface area (Å²) in [7, 11) is 0. The maximum absolute atomic E-state index is 12.7. The number of rotatable bonds is 5. The van der Waals surface area contributed by atoms with Crippen LogP contribution in [0.2, 0.25) is 0 Å². The van der Waals surface area contributed by atoms with E-state index in [4.69, 9.17) is 4.42 Å². The minimum Gasteiger partial charge on any atom is -0.441 e. The first-order valence-corrected chi connectivity index (χ1v) is 10.4. The average molecular weight is 409 g/mol. The predicted octanol–water partition coefficient (Wildman–Crippen LogP) is 3.74. The molecular formula is C22H24FN5O2. The monoisotopic (exact) mass is 409 g/mol. The zero-order chi connectivity index (χ0) is 20.7. The van der Waals surface area contributed by atoms with Gasteiger partial charge < -0.3 is 9.73 Å². The van der Waals surface area contributed by atoms with Gasteiger partial charge in [-0.1, -0.05) is 0 Å². The molecule has 0 spiro atoms. The summed E-state index contributed by atoms with van der Waals surface area (Å²) in [5.74, 6) is 1.75. The van der Waals surface area contributed by atoms with E-state index in [1.54, 1.807) is 25.5 Å². The molecule has 1 N–H and O–H groups in total. The van der Waals surface area contributed by atoms with Gasteiger partial charge in [-0.2, -0.15) is 0 Å². The third kappa shape index (κ3) is 3.79. The summed E-state index contributed by atoms with van der Waals surface area (Å²) in [6.07, 6.45) is 8.62. The van der Waals surface area contributed by atoms with Crippen molar-refractivity contribution in [2.45, 2.75) is 44.7 Å². The summed E-state index contributed by atoms with van der Waals surface area (Å²) >= 11 is 0. The van der Waals surface area contributed by atoms with Gasteiger partial charge in [-0.3, -0.25) is 14.7 Å². The van der Waals surface area contributed by atoms with E-state index in [9.17, 15) is 9.18 Å². The predicted molar refractivity (Wildman–Crippen MR) is 111 cm³/mol. The molecule has 3 aromatic heterocycles. The number of hydrogen-bond donors (Lipinski definition) is 1. The highest BCUT2D eigenvalue weighted by atomic mass is 19.1. The van der Waals surface area contributed by atoms with Crippen molar-refractivity contribution in [2.75, 3.05) is 18.5 Å². The van der Waals surface area contributed by atoms with Crippen molar-refractivity contribution >= 4 is 22.6 Å². The molecule has 156 valence electrons. The smallest absolute Gasteiger partial charge is 0.228 e. The van der Waals surface area contributed by atoms with Gasteiger partial charge in [0.1, 0.15) is 12.5 Å². The summed E-state index contributed by atoms with van der Waals surface area (Å²) in [6.45, 7) is 2.40. The second kappa shape index (κ2) is 7.75. The number of nitrogens with zero attached hydrogens (tertiary/aromatic N) is 4. The molecule has 2 unspecified atom stereocenters. The minimum atomic E-state index is -0.263. The highest BCUT2D eigenvalue weighted by Crippen LogP contribution is 2.34. The molecular weight excluding hydrogens is 385 g/mol. The van der Waals surface area contributed by atoms with Gasteiger partial charge in [0, 0.05) is 42.6 Å². The van der Waals surface area contributed by atoms with Crippen molar-refractivity contribution in [2.24, 2.45) is 5.92 Å². The van der Waals surface area contributed by atoms with E-state index >= 15 is 0 Å². The molecule has 1 saturated carbocycles. The lowest BCUT2D eigenvalue weighted by atomic mass is 9.85. The Morgan fingerprint density at radius 2 is 2.00 bits per heavy atom. The lowest BCUT2D eigenvalue weighted by Gasteiger charge is -2.28. The molecule has 8 heteroatoms. The standard InChI is InChI=1S/C22H24FN5O2/c1-13-24-11-20(30-13)16-6-15-7-21(26-10-19(15)25-9-16)27-22(29)14-2-4-17(5-3-14)28-12-18(28)8-23/h6-7,9-11,14,17-18H,2-5,8,12H2,1H3,(H,26,27,29). The number of oxazole rings is 1. The van der Waals surface area contributed by atoms with Gasteiger partial charge in [-0.25, -0.2) is 14.4 Å². The second-order valence-electron chi connectivity index (χ2n) is 8.23. The van der Waals surface area contributed by atoms with Crippen molar-refractivity contribution in [3.63, 3.8) is 0 Å². The van der Waals surface area contributed by atoms with Gasteiger partial charge in [0.05, 0.1) is 24.0 Å². The van der Waals surface area contributed by atoms with E-state index in [1.165, 1.54) is 0 Å². The molecule has 2 fully saturated rings. The number of amides is 1. The summed E-state index contributed by atoms with van der Waals surface area (Å²) < 4.78 is 18.3. The molecule has 1 amide bonds. The Hall–Kier alpha value is -2.87. The van der Waals surface area contributed by atoms with Crippen molar-refractivity contribution < 1.29 is 13.6 Å². The van der Waals surface area contributed by atoms with Gasteiger partial charge in [0.25, 0.3) is 0 Å². The topological polar surface area (TPSA) is 83.9 Å². The zero-order valence-electron chi connectivity index (χ0n) is 16.8. The molecule has 1 aliphatic heterocycles. The molecule has 30 heavy (non-hydrogen) atoms. The summed E-state index contributed by atoms with van der Waals surface area (Å²) in [4.78, 5) is 27.9. The Morgan fingerprint density at radius 3 is 2.70 bits per heavy atom. The van der Waals surface area contributed by atoms with E-state index < -0.39 is 0 Å². The van der Waals surface area contributed by atoms with E-state index in [0.717, 1.165) is 48.7 Å². The molecule has 2 aliphatic rings. The third-order valence-electron chi connectivity index (χ3n) is 6.20. The number of pyridine rings is 2. The second-order valence-corrected chi connectivity index (χ2v) is 8.23. The van der Waals surface area contributed by atoms with Gasteiger partial charge in [0.15, 0.2) is 11.7 Å². The highest BCUT2D eigenvalue weighted by Gasteiger charge is 2.41. The van der Waals surface area contributed by atoms with Gasteiger partial charge in [0.2, 0.25) is 5.91 Å². The third-order valence-corrected chi connectivity index (χ3v) is 6.20. The highest BCUT2D eigenvalue weighted by molar-refractivity contribution is 5.94. The number of carbonyl (C=O) groups excluding carboxylic acids is 1. The molecule has 0 bridgehead atoms. The first-order chi connectivity index (χ1) is 14.6. The van der Waals surface area contributed by atoms with Crippen LogP contribution in [0.3, 0.4) is 0 Å². The zero-order valence-corrected chi connectivity index (χ0v) is 16.8. The molecule has 1 saturated heterocycles. The van der Waals surface area contributed by atoms with E-state index in [1.807, 2.05) is 12.1 Å². The van der Waals surface area contributed by atoms with Crippen LogP contribution >= 0.6 is 0 Å². The van der Waals surface area contributed by atoms with Crippen LogP contribution in [-0.4, -0.2) is 51.1 Å². The largest absolute Gasteiger partial charge is 0.441 e. The molecule has 3 aromatic rings. The van der Waals surface area contributed by atoms with Crippen LogP contribution in [0.1, 0.15) is 31.6 Å². The Balaban J connectivity index is 1.25. The molecule has 1 aliphatic carbocycles. The molecule has 4 heterocycles. The SMILES string of the molecule is Cc1ncc(-c2cnc3cnc(NC(=O)C4CCC(N5CC5CF)CC4)cc3c2)o1.